The van der Waals surface area contributed by atoms with E-state index in [-0.39, 0.29) is 23.4 Å². The molecule has 2 aromatic carbocycles. The Bertz CT molecular complexity index is 894. The van der Waals surface area contributed by atoms with Crippen LogP contribution in [0.4, 0.5) is 0 Å². The molecule has 0 amide bonds. The van der Waals surface area contributed by atoms with Gasteiger partial charge < -0.3 is 5.11 Å². The van der Waals surface area contributed by atoms with Crippen LogP contribution in [0.5, 0.6) is 0 Å². The molecule has 25 heavy (non-hydrogen) atoms. The van der Waals surface area contributed by atoms with Crippen molar-refractivity contribution in [2.24, 2.45) is 11.8 Å². The molecule has 2 aliphatic rings. The number of aliphatic hydroxyl groups is 1. The fourth-order valence-electron chi connectivity index (χ4n) is 4.06. The molecule has 128 valence electrons. The van der Waals surface area contributed by atoms with Crippen molar-refractivity contribution in [2.45, 2.75) is 26.2 Å². The van der Waals surface area contributed by atoms with Crippen molar-refractivity contribution in [3.63, 3.8) is 0 Å². The molecule has 2 aliphatic carbocycles. The monoisotopic (exact) mass is 372 g/mol. The second-order valence-corrected chi connectivity index (χ2v) is 7.89. The van der Waals surface area contributed by atoms with E-state index in [1.165, 1.54) is 0 Å². The maximum atomic E-state index is 12.8. The first kappa shape index (κ1) is 16.7. The number of Topliss-reactive ketones (excluding diaryl/α,β-unsaturated/α-hetero) is 1. The van der Waals surface area contributed by atoms with E-state index in [1.807, 2.05) is 37.3 Å². The molecule has 0 aliphatic heterocycles. The van der Waals surface area contributed by atoms with Crippen LogP contribution in [0.2, 0.25) is 10.0 Å². The highest BCUT2D eigenvalue weighted by molar-refractivity contribution is 6.35. The van der Waals surface area contributed by atoms with Crippen molar-refractivity contribution in [2.75, 3.05) is 0 Å². The van der Waals surface area contributed by atoms with E-state index in [0.29, 0.717) is 15.6 Å². The van der Waals surface area contributed by atoms with Crippen LogP contribution in [-0.2, 0) is 4.79 Å². The quantitative estimate of drug-likeness (QED) is 0.677. The average molecular weight is 373 g/mol. The van der Waals surface area contributed by atoms with Crippen LogP contribution in [-0.4, -0.2) is 10.9 Å². The lowest BCUT2D eigenvalue weighted by atomic mass is 9.81. The number of halogens is 2. The number of aryl methyl sites for hydroxylation is 1. The third-order valence-electron chi connectivity index (χ3n) is 5.40. The first-order chi connectivity index (χ1) is 11.9. The van der Waals surface area contributed by atoms with Crippen molar-refractivity contribution >= 4 is 34.6 Å². The van der Waals surface area contributed by atoms with Gasteiger partial charge in [-0.15, -0.1) is 0 Å². The second kappa shape index (κ2) is 6.19. The number of hydrogen-bond donors (Lipinski definition) is 1. The largest absolute Gasteiger partial charge is 0.511 e. The van der Waals surface area contributed by atoms with Gasteiger partial charge in [-0.3, -0.25) is 4.79 Å². The normalized spacial score (nSPS) is 22.6. The molecule has 0 aromatic heterocycles. The predicted octanol–water partition coefficient (Wildman–Crippen LogP) is 6.24. The molecule has 1 saturated carbocycles. The zero-order valence-electron chi connectivity index (χ0n) is 13.9. The summed E-state index contributed by atoms with van der Waals surface area (Å²) in [5.41, 5.74) is 4.12. The van der Waals surface area contributed by atoms with E-state index in [9.17, 15) is 9.90 Å². The van der Waals surface area contributed by atoms with Crippen LogP contribution < -0.4 is 0 Å². The summed E-state index contributed by atoms with van der Waals surface area (Å²) >= 11 is 12.2. The van der Waals surface area contributed by atoms with Crippen LogP contribution in [0.15, 0.2) is 42.2 Å². The summed E-state index contributed by atoms with van der Waals surface area (Å²) in [6, 6.07) is 11.3. The van der Waals surface area contributed by atoms with E-state index >= 15 is 0 Å². The lowest BCUT2D eigenvalue weighted by molar-refractivity contribution is -0.117. The van der Waals surface area contributed by atoms with Crippen LogP contribution >= 0.6 is 23.2 Å². The molecule has 0 heterocycles. The number of rotatable bonds is 2. The van der Waals surface area contributed by atoms with E-state index in [1.54, 1.807) is 6.07 Å². The summed E-state index contributed by atoms with van der Waals surface area (Å²) < 4.78 is 0. The molecular weight excluding hydrogens is 355 g/mol. The lowest BCUT2D eigenvalue weighted by Gasteiger charge is -2.23. The Morgan fingerprint density at radius 1 is 0.960 bits per heavy atom. The van der Waals surface area contributed by atoms with Crippen molar-refractivity contribution in [1.82, 2.24) is 0 Å². The number of fused-ring (bicyclic) bond motifs is 2. The predicted molar refractivity (Wildman–Crippen MR) is 102 cm³/mol. The van der Waals surface area contributed by atoms with Crippen molar-refractivity contribution in [1.29, 1.82) is 0 Å². The molecule has 0 radical (unpaired) electrons. The van der Waals surface area contributed by atoms with Gasteiger partial charge in [0.2, 0.25) is 0 Å². The van der Waals surface area contributed by atoms with Gasteiger partial charge in [-0.1, -0.05) is 35.3 Å². The maximum Gasteiger partial charge on any atom is 0.169 e. The summed E-state index contributed by atoms with van der Waals surface area (Å²) in [4.78, 5) is 12.8. The minimum Gasteiger partial charge on any atom is -0.511 e. The Morgan fingerprint density at radius 2 is 1.64 bits per heavy atom. The van der Waals surface area contributed by atoms with Gasteiger partial charge in [0.15, 0.2) is 5.78 Å². The molecule has 1 fully saturated rings. The number of carbonyl (C=O) groups is 1. The first-order valence-corrected chi connectivity index (χ1v) is 9.24. The van der Waals surface area contributed by atoms with E-state index in [0.717, 1.165) is 41.5 Å². The highest BCUT2D eigenvalue weighted by Crippen LogP contribution is 2.46. The molecule has 0 saturated heterocycles. The van der Waals surface area contributed by atoms with Crippen LogP contribution in [0.1, 0.15) is 30.4 Å². The molecule has 1 N–H and O–H groups in total. The van der Waals surface area contributed by atoms with Gasteiger partial charge in [0.1, 0.15) is 5.76 Å². The van der Waals surface area contributed by atoms with E-state index in [4.69, 9.17) is 23.2 Å². The average Bonchev–Trinajstić information content (AvgIpc) is 3.01. The lowest BCUT2D eigenvalue weighted by Crippen LogP contribution is -2.21. The van der Waals surface area contributed by atoms with Gasteiger partial charge in [-0.2, -0.15) is 0 Å². The number of benzene rings is 2. The standard InChI is InChI=1S/C21H18Cl2O2/c1-11-2-3-12(15-7-16(22)10-17(23)8-15)9-18(11)19-20(24)13-4-5-14(6-13)21(19)25/h2-3,7-10,13-14,24H,4-6H2,1H3/t13-,14+/m1/s1. The van der Waals surface area contributed by atoms with E-state index < -0.39 is 0 Å². The van der Waals surface area contributed by atoms with E-state index in [2.05, 4.69) is 0 Å². The highest BCUT2D eigenvalue weighted by atomic mass is 35.5. The van der Waals surface area contributed by atoms with Gasteiger partial charge in [0.05, 0.1) is 5.57 Å². The Morgan fingerprint density at radius 3 is 2.36 bits per heavy atom. The topological polar surface area (TPSA) is 37.3 Å². The molecule has 2 nitrogen and oxygen atoms in total. The number of carbonyl (C=O) groups excluding carboxylic acids is 1. The third kappa shape index (κ3) is 2.88. The molecular formula is C21H18Cl2O2. The number of allylic oxidation sites excluding steroid dienone is 2. The Hall–Kier alpha value is -1.77. The fourth-order valence-corrected chi connectivity index (χ4v) is 4.59. The summed E-state index contributed by atoms with van der Waals surface area (Å²) in [7, 11) is 0. The van der Waals surface area contributed by atoms with Crippen LogP contribution in [0.3, 0.4) is 0 Å². The minimum absolute atomic E-state index is 0.0552. The third-order valence-corrected chi connectivity index (χ3v) is 5.83. The first-order valence-electron chi connectivity index (χ1n) is 8.49. The SMILES string of the molecule is Cc1ccc(-c2cc(Cl)cc(Cl)c2)cc1C1=C(O)[C@@H]2CC[C@@H](C2)C1=O. The Kier molecular flexibility index (Phi) is 4.13. The summed E-state index contributed by atoms with van der Waals surface area (Å²) in [6.07, 6.45) is 2.56. The second-order valence-electron chi connectivity index (χ2n) is 7.02. The van der Waals surface area contributed by atoms with Crippen molar-refractivity contribution < 1.29 is 9.90 Å². The van der Waals surface area contributed by atoms with Gasteiger partial charge >= 0.3 is 0 Å². The van der Waals surface area contributed by atoms with Crippen LogP contribution in [0.25, 0.3) is 16.7 Å². The summed E-state index contributed by atoms with van der Waals surface area (Å²) in [5.74, 6) is 0.527. The maximum absolute atomic E-state index is 12.8. The number of ketones is 1. The molecule has 2 atom stereocenters. The summed E-state index contributed by atoms with van der Waals surface area (Å²) in [6.45, 7) is 1.97. The van der Waals surface area contributed by atoms with Gasteiger partial charge in [0, 0.05) is 21.9 Å². The van der Waals surface area contributed by atoms with Crippen molar-refractivity contribution in [3.05, 3.63) is 63.3 Å². The smallest absolute Gasteiger partial charge is 0.169 e. The number of aliphatic hydroxyl groups excluding tert-OH is 1. The number of hydrogen-bond acceptors (Lipinski definition) is 2. The Labute approximate surface area is 157 Å². The fraction of sp³-hybridized carbons (Fsp3) is 0.286. The molecule has 4 rings (SSSR count). The molecule has 4 heteroatoms. The van der Waals surface area contributed by atoms with Crippen LogP contribution in [0, 0.1) is 18.8 Å². The van der Waals surface area contributed by atoms with Gasteiger partial charge in [-0.05, 0) is 72.7 Å². The molecule has 2 bridgehead atoms. The molecule has 0 unspecified atom stereocenters. The van der Waals surface area contributed by atoms with Crippen molar-refractivity contribution in [3.8, 4) is 11.1 Å². The highest BCUT2D eigenvalue weighted by Gasteiger charge is 2.41. The molecule has 0 spiro atoms. The van der Waals surface area contributed by atoms with Gasteiger partial charge in [0.25, 0.3) is 0 Å². The zero-order chi connectivity index (χ0) is 17.7. The Balaban J connectivity index is 1.86. The zero-order valence-corrected chi connectivity index (χ0v) is 15.4. The minimum atomic E-state index is 0.0552. The van der Waals surface area contributed by atoms with Gasteiger partial charge in [-0.25, -0.2) is 0 Å². The summed E-state index contributed by atoms with van der Waals surface area (Å²) in [5, 5.41) is 11.8. The molecule has 2 aromatic rings.